The van der Waals surface area contributed by atoms with Crippen molar-refractivity contribution in [2.45, 2.75) is 89.5 Å². The second-order valence-corrected chi connectivity index (χ2v) is 7.69. The number of benzene rings is 1. The van der Waals surface area contributed by atoms with E-state index in [4.69, 9.17) is 20.6 Å². The predicted octanol–water partition coefficient (Wildman–Crippen LogP) is 4.45. The van der Waals surface area contributed by atoms with E-state index in [1.807, 2.05) is 32.0 Å². The Morgan fingerprint density at radius 1 is 1.15 bits per heavy atom. The lowest BCUT2D eigenvalue weighted by Gasteiger charge is -2.22. The molecule has 3 atom stereocenters. The van der Waals surface area contributed by atoms with E-state index in [2.05, 4.69) is 18.1 Å². The molecule has 1 aromatic carbocycles. The van der Waals surface area contributed by atoms with Gasteiger partial charge < -0.3 is 19.3 Å². The lowest BCUT2D eigenvalue weighted by molar-refractivity contribution is -0.155. The van der Waals surface area contributed by atoms with Gasteiger partial charge in [-0.15, -0.1) is 12.3 Å². The largest absolute Gasteiger partial charge is 0.390 e. The fourth-order valence-electron chi connectivity index (χ4n) is 3.48. The van der Waals surface area contributed by atoms with Crippen molar-refractivity contribution in [2.24, 2.45) is 0 Å². The van der Waals surface area contributed by atoms with Crippen LogP contribution in [0.25, 0.3) is 0 Å². The maximum absolute atomic E-state index is 10.4. The normalized spacial score (nSPS) is 22.4. The fraction of sp³-hybridized carbons (Fsp3) is 0.652. The van der Waals surface area contributed by atoms with Gasteiger partial charge in [-0.3, -0.25) is 0 Å². The van der Waals surface area contributed by atoms with E-state index in [1.165, 1.54) is 5.56 Å². The van der Waals surface area contributed by atoms with Crippen LogP contribution in [0.15, 0.2) is 30.3 Å². The molecule has 0 spiro atoms. The summed E-state index contributed by atoms with van der Waals surface area (Å²) in [6.07, 6.45) is 10.8. The van der Waals surface area contributed by atoms with Gasteiger partial charge in [0.05, 0.1) is 18.8 Å². The summed E-state index contributed by atoms with van der Waals surface area (Å²) in [5, 5.41) is 10.4. The molecule has 1 aromatic rings. The van der Waals surface area contributed by atoms with Crippen molar-refractivity contribution in [3.63, 3.8) is 0 Å². The van der Waals surface area contributed by atoms with Crippen LogP contribution in [0.2, 0.25) is 0 Å². The Labute approximate surface area is 164 Å². The van der Waals surface area contributed by atoms with Crippen molar-refractivity contribution >= 4 is 0 Å². The van der Waals surface area contributed by atoms with Crippen molar-refractivity contribution < 1.29 is 19.3 Å². The molecule has 150 valence electrons. The Bertz CT molecular complexity index is 563. The van der Waals surface area contributed by atoms with Gasteiger partial charge >= 0.3 is 0 Å². The molecule has 2 rings (SSSR count). The fourth-order valence-corrected chi connectivity index (χ4v) is 3.48. The molecule has 0 unspecified atom stereocenters. The molecule has 1 fully saturated rings. The number of hydrogen-bond acceptors (Lipinski definition) is 4. The summed E-state index contributed by atoms with van der Waals surface area (Å²) in [6.45, 7) is 5.27. The first-order valence-electron chi connectivity index (χ1n) is 10.1. The highest BCUT2D eigenvalue weighted by molar-refractivity contribution is 5.13. The third-order valence-corrected chi connectivity index (χ3v) is 4.82. The third kappa shape index (κ3) is 8.02. The molecule has 0 radical (unpaired) electrons. The second-order valence-electron chi connectivity index (χ2n) is 7.69. The number of aliphatic hydroxyl groups excluding tert-OH is 1. The van der Waals surface area contributed by atoms with Crippen LogP contribution in [-0.4, -0.2) is 35.8 Å². The van der Waals surface area contributed by atoms with Crippen LogP contribution in [0.3, 0.4) is 0 Å². The SMILES string of the molecule is C#CCC[C@@H](O)[C@H]1OC(C)(C)O[C@H]1CCCCCCOCc1ccccc1. The Morgan fingerprint density at radius 3 is 2.63 bits per heavy atom. The lowest BCUT2D eigenvalue weighted by Crippen LogP contribution is -2.35. The number of unbranched alkanes of at least 4 members (excludes halogenated alkanes) is 3. The standard InChI is InChI=1S/C23H34O4/c1-4-5-15-20(24)22-21(26-23(2,3)27-22)16-11-6-7-12-17-25-18-19-13-9-8-10-14-19/h1,8-10,13-14,20-22,24H,5-7,11-12,15-18H2,2-3H3/t20-,21+,22-/m1/s1. The monoisotopic (exact) mass is 374 g/mol. The first-order valence-corrected chi connectivity index (χ1v) is 10.1. The van der Waals surface area contributed by atoms with Crippen molar-refractivity contribution in [1.82, 2.24) is 0 Å². The van der Waals surface area contributed by atoms with Crippen LogP contribution >= 0.6 is 0 Å². The maximum atomic E-state index is 10.4. The van der Waals surface area contributed by atoms with Crippen molar-refractivity contribution in [2.75, 3.05) is 6.61 Å². The molecule has 1 saturated heterocycles. The number of aliphatic hydroxyl groups is 1. The molecule has 4 heteroatoms. The minimum Gasteiger partial charge on any atom is -0.390 e. The molecule has 4 nitrogen and oxygen atoms in total. The first-order chi connectivity index (χ1) is 13.0. The number of hydrogen-bond donors (Lipinski definition) is 1. The van der Waals surface area contributed by atoms with E-state index < -0.39 is 11.9 Å². The summed E-state index contributed by atoms with van der Waals surface area (Å²) in [4.78, 5) is 0. The average Bonchev–Trinajstić information content (AvgIpc) is 2.97. The first kappa shape index (κ1) is 21.9. The van der Waals surface area contributed by atoms with Gasteiger partial charge in [-0.1, -0.05) is 49.6 Å². The molecule has 1 aliphatic heterocycles. The molecule has 1 heterocycles. The van der Waals surface area contributed by atoms with Gasteiger partial charge in [-0.05, 0) is 38.7 Å². The van der Waals surface area contributed by atoms with Gasteiger partial charge in [0.25, 0.3) is 0 Å². The molecular formula is C23H34O4. The quantitative estimate of drug-likeness (QED) is 0.434. The van der Waals surface area contributed by atoms with E-state index in [0.717, 1.165) is 38.7 Å². The lowest BCUT2D eigenvalue weighted by atomic mass is 9.99. The van der Waals surface area contributed by atoms with Crippen LogP contribution in [0.5, 0.6) is 0 Å². The third-order valence-electron chi connectivity index (χ3n) is 4.82. The Morgan fingerprint density at radius 2 is 1.89 bits per heavy atom. The molecule has 27 heavy (non-hydrogen) atoms. The van der Waals surface area contributed by atoms with Crippen LogP contribution in [0, 0.1) is 12.3 Å². The van der Waals surface area contributed by atoms with Gasteiger partial charge in [-0.25, -0.2) is 0 Å². The number of terminal acetylenes is 1. The summed E-state index contributed by atoms with van der Waals surface area (Å²) in [5.41, 5.74) is 1.22. The van der Waals surface area contributed by atoms with Gasteiger partial charge in [0.15, 0.2) is 5.79 Å². The minimum atomic E-state index is -0.641. The summed E-state index contributed by atoms with van der Waals surface area (Å²) >= 11 is 0. The van der Waals surface area contributed by atoms with Crippen LogP contribution < -0.4 is 0 Å². The Kier molecular flexibility index (Phi) is 9.30. The number of ether oxygens (including phenoxy) is 3. The smallest absolute Gasteiger partial charge is 0.163 e. The topological polar surface area (TPSA) is 47.9 Å². The summed E-state index contributed by atoms with van der Waals surface area (Å²) in [7, 11) is 0. The van der Waals surface area contributed by atoms with Gasteiger partial charge in [-0.2, -0.15) is 0 Å². The zero-order valence-corrected chi connectivity index (χ0v) is 16.7. The Balaban J connectivity index is 1.58. The van der Waals surface area contributed by atoms with E-state index in [0.29, 0.717) is 19.4 Å². The number of rotatable bonds is 12. The molecule has 0 aromatic heterocycles. The van der Waals surface area contributed by atoms with Crippen LogP contribution in [-0.2, 0) is 20.8 Å². The molecule has 0 amide bonds. The predicted molar refractivity (Wildman–Crippen MR) is 107 cm³/mol. The second kappa shape index (κ2) is 11.5. The highest BCUT2D eigenvalue weighted by Crippen LogP contribution is 2.33. The van der Waals surface area contributed by atoms with Crippen molar-refractivity contribution in [1.29, 1.82) is 0 Å². The molecular weight excluding hydrogens is 340 g/mol. The zero-order valence-electron chi connectivity index (χ0n) is 16.7. The van der Waals surface area contributed by atoms with Crippen molar-refractivity contribution in [3.8, 4) is 12.3 Å². The molecule has 0 aliphatic carbocycles. The zero-order chi connectivity index (χ0) is 19.5. The van der Waals surface area contributed by atoms with Crippen molar-refractivity contribution in [3.05, 3.63) is 35.9 Å². The summed E-state index contributed by atoms with van der Waals surface area (Å²) in [6, 6.07) is 10.2. The van der Waals surface area contributed by atoms with Crippen LogP contribution in [0.4, 0.5) is 0 Å². The summed E-state index contributed by atoms with van der Waals surface area (Å²) < 4.78 is 17.6. The van der Waals surface area contributed by atoms with Crippen LogP contribution in [0.1, 0.15) is 64.4 Å². The van der Waals surface area contributed by atoms with Gasteiger partial charge in [0, 0.05) is 13.0 Å². The average molecular weight is 375 g/mol. The molecule has 1 aliphatic rings. The highest BCUT2D eigenvalue weighted by Gasteiger charge is 2.43. The van der Waals surface area contributed by atoms with Gasteiger partial charge in [0.2, 0.25) is 0 Å². The van der Waals surface area contributed by atoms with E-state index in [1.54, 1.807) is 0 Å². The summed E-state index contributed by atoms with van der Waals surface area (Å²) in [5.74, 6) is 1.94. The van der Waals surface area contributed by atoms with E-state index in [9.17, 15) is 5.11 Å². The maximum Gasteiger partial charge on any atom is 0.163 e. The molecule has 1 N–H and O–H groups in total. The highest BCUT2D eigenvalue weighted by atomic mass is 16.8. The van der Waals surface area contributed by atoms with Gasteiger partial charge in [0.1, 0.15) is 6.10 Å². The minimum absolute atomic E-state index is 0.0675. The van der Waals surface area contributed by atoms with E-state index >= 15 is 0 Å². The molecule has 0 saturated carbocycles. The Hall–Kier alpha value is -1.38. The van der Waals surface area contributed by atoms with E-state index in [-0.39, 0.29) is 12.2 Å². The molecule has 0 bridgehead atoms.